The van der Waals surface area contributed by atoms with E-state index in [-0.39, 0.29) is 15.7 Å². The van der Waals surface area contributed by atoms with Crippen molar-refractivity contribution in [2.24, 2.45) is 0 Å². The molecule has 0 unspecified atom stereocenters. The SMILES string of the molecule is CCNCCCS(=O)(=O)c1ccc(F)c(Cl)c1. The van der Waals surface area contributed by atoms with Crippen LogP contribution in [0.5, 0.6) is 0 Å². The fourth-order valence-electron chi connectivity index (χ4n) is 1.35. The maximum absolute atomic E-state index is 12.9. The molecule has 0 saturated heterocycles. The van der Waals surface area contributed by atoms with Crippen LogP contribution in [0, 0.1) is 5.82 Å². The fraction of sp³-hybridized carbons (Fsp3) is 0.455. The lowest BCUT2D eigenvalue weighted by Crippen LogP contribution is -2.18. The van der Waals surface area contributed by atoms with Gasteiger partial charge >= 0.3 is 0 Å². The highest BCUT2D eigenvalue weighted by atomic mass is 35.5. The van der Waals surface area contributed by atoms with Crippen LogP contribution in [0.3, 0.4) is 0 Å². The van der Waals surface area contributed by atoms with Gasteiger partial charge in [0.2, 0.25) is 0 Å². The topological polar surface area (TPSA) is 46.2 Å². The Hall–Kier alpha value is -0.650. The van der Waals surface area contributed by atoms with Gasteiger partial charge in [-0.05, 0) is 37.7 Å². The van der Waals surface area contributed by atoms with Gasteiger partial charge in [-0.2, -0.15) is 0 Å². The van der Waals surface area contributed by atoms with E-state index in [4.69, 9.17) is 11.6 Å². The van der Waals surface area contributed by atoms with E-state index in [0.29, 0.717) is 13.0 Å². The van der Waals surface area contributed by atoms with Crippen molar-refractivity contribution in [1.29, 1.82) is 0 Å². The molecule has 0 aliphatic carbocycles. The molecule has 17 heavy (non-hydrogen) atoms. The number of hydrogen-bond acceptors (Lipinski definition) is 3. The molecule has 0 aliphatic rings. The van der Waals surface area contributed by atoms with Gasteiger partial charge in [0.15, 0.2) is 9.84 Å². The van der Waals surface area contributed by atoms with E-state index in [2.05, 4.69) is 5.32 Å². The molecular formula is C11H15ClFNO2S. The molecular weight excluding hydrogens is 265 g/mol. The van der Waals surface area contributed by atoms with Gasteiger partial charge in [0.1, 0.15) is 5.82 Å². The molecule has 1 N–H and O–H groups in total. The standard InChI is InChI=1S/C11H15ClFNO2S/c1-2-14-6-3-7-17(15,16)9-4-5-11(13)10(12)8-9/h4-5,8,14H,2-3,6-7H2,1H3. The highest BCUT2D eigenvalue weighted by Crippen LogP contribution is 2.20. The number of hydrogen-bond donors (Lipinski definition) is 1. The Bertz CT molecular complexity index is 476. The third-order valence-corrected chi connectivity index (χ3v) is 4.35. The van der Waals surface area contributed by atoms with Crippen LogP contribution < -0.4 is 5.32 Å². The highest BCUT2D eigenvalue weighted by molar-refractivity contribution is 7.91. The summed E-state index contributed by atoms with van der Waals surface area (Å²) in [5, 5.41) is 2.87. The van der Waals surface area contributed by atoms with E-state index in [1.165, 1.54) is 6.07 Å². The Morgan fingerprint density at radius 3 is 2.71 bits per heavy atom. The molecule has 1 rings (SSSR count). The molecule has 0 radical (unpaired) electrons. The lowest BCUT2D eigenvalue weighted by atomic mass is 10.3. The smallest absolute Gasteiger partial charge is 0.178 e. The number of sulfone groups is 1. The molecule has 0 amide bonds. The zero-order valence-electron chi connectivity index (χ0n) is 9.54. The third kappa shape index (κ3) is 4.26. The second-order valence-corrected chi connectivity index (χ2v) is 6.12. The predicted molar refractivity (Wildman–Crippen MR) is 66.6 cm³/mol. The zero-order valence-corrected chi connectivity index (χ0v) is 11.1. The quantitative estimate of drug-likeness (QED) is 0.642. The Kier molecular flexibility index (Phi) is 5.36. The molecule has 96 valence electrons. The second kappa shape index (κ2) is 6.33. The molecule has 6 heteroatoms. The van der Waals surface area contributed by atoms with Crippen molar-refractivity contribution in [3.8, 4) is 0 Å². The normalized spacial score (nSPS) is 11.7. The lowest BCUT2D eigenvalue weighted by Gasteiger charge is -2.05. The molecule has 0 aromatic heterocycles. The summed E-state index contributed by atoms with van der Waals surface area (Å²) in [5.41, 5.74) is 0. The van der Waals surface area contributed by atoms with Crippen LogP contribution in [0.15, 0.2) is 23.1 Å². The van der Waals surface area contributed by atoms with Gasteiger partial charge in [0, 0.05) is 0 Å². The molecule has 0 bridgehead atoms. The van der Waals surface area contributed by atoms with Crippen LogP contribution in [-0.2, 0) is 9.84 Å². The predicted octanol–water partition coefficient (Wildman–Crippen LogP) is 2.25. The zero-order chi connectivity index (χ0) is 12.9. The minimum atomic E-state index is -3.37. The van der Waals surface area contributed by atoms with E-state index in [1.54, 1.807) is 0 Å². The van der Waals surface area contributed by atoms with Crippen LogP contribution in [0.25, 0.3) is 0 Å². The minimum absolute atomic E-state index is 0.0297. The molecule has 3 nitrogen and oxygen atoms in total. The van der Waals surface area contributed by atoms with Crippen molar-refractivity contribution in [3.63, 3.8) is 0 Å². The summed E-state index contributed by atoms with van der Waals surface area (Å²) in [6, 6.07) is 3.46. The Labute approximate surface area is 106 Å². The van der Waals surface area contributed by atoms with Crippen LogP contribution in [0.4, 0.5) is 4.39 Å². The van der Waals surface area contributed by atoms with Gasteiger partial charge < -0.3 is 5.32 Å². The van der Waals surface area contributed by atoms with Crippen molar-refractivity contribution in [3.05, 3.63) is 29.0 Å². The van der Waals surface area contributed by atoms with Crippen LogP contribution in [0.2, 0.25) is 5.02 Å². The first kappa shape index (κ1) is 14.4. The number of halogens is 2. The first-order chi connectivity index (χ1) is 7.97. The largest absolute Gasteiger partial charge is 0.317 e. The van der Waals surface area contributed by atoms with Crippen molar-refractivity contribution < 1.29 is 12.8 Å². The summed E-state index contributed by atoms with van der Waals surface area (Å²) in [4.78, 5) is 0.0698. The third-order valence-electron chi connectivity index (χ3n) is 2.27. The van der Waals surface area contributed by atoms with Crippen LogP contribution >= 0.6 is 11.6 Å². The lowest BCUT2D eigenvalue weighted by molar-refractivity contribution is 0.589. The summed E-state index contributed by atoms with van der Waals surface area (Å²) in [7, 11) is -3.37. The maximum Gasteiger partial charge on any atom is 0.178 e. The van der Waals surface area contributed by atoms with Crippen molar-refractivity contribution >= 4 is 21.4 Å². The molecule has 0 aliphatic heterocycles. The Morgan fingerprint density at radius 1 is 1.41 bits per heavy atom. The Morgan fingerprint density at radius 2 is 2.12 bits per heavy atom. The number of nitrogens with one attached hydrogen (secondary N) is 1. The van der Waals surface area contributed by atoms with Gasteiger partial charge in [0.25, 0.3) is 0 Å². The summed E-state index contributed by atoms with van der Waals surface area (Å²) in [5.74, 6) is -0.583. The van der Waals surface area contributed by atoms with Crippen LogP contribution in [0.1, 0.15) is 13.3 Å². The average molecular weight is 280 g/mol. The van der Waals surface area contributed by atoms with Crippen molar-refractivity contribution in [1.82, 2.24) is 5.32 Å². The second-order valence-electron chi connectivity index (χ2n) is 3.60. The van der Waals surface area contributed by atoms with E-state index in [1.807, 2.05) is 6.92 Å². The van der Waals surface area contributed by atoms with Gasteiger partial charge in [-0.3, -0.25) is 0 Å². The summed E-state index contributed by atoms with van der Waals surface area (Å²) in [6.45, 7) is 3.40. The summed E-state index contributed by atoms with van der Waals surface area (Å²) < 4.78 is 36.6. The maximum atomic E-state index is 12.9. The van der Waals surface area contributed by atoms with E-state index in [9.17, 15) is 12.8 Å². The fourth-order valence-corrected chi connectivity index (χ4v) is 2.93. The van der Waals surface area contributed by atoms with Gasteiger partial charge in [-0.25, -0.2) is 12.8 Å². The minimum Gasteiger partial charge on any atom is -0.317 e. The molecule has 0 saturated carbocycles. The van der Waals surface area contributed by atoms with E-state index in [0.717, 1.165) is 18.7 Å². The molecule has 0 fully saturated rings. The average Bonchev–Trinajstić information content (AvgIpc) is 2.28. The van der Waals surface area contributed by atoms with Crippen molar-refractivity contribution in [2.75, 3.05) is 18.8 Å². The monoisotopic (exact) mass is 279 g/mol. The van der Waals surface area contributed by atoms with Gasteiger partial charge in [-0.15, -0.1) is 0 Å². The van der Waals surface area contributed by atoms with Crippen LogP contribution in [-0.4, -0.2) is 27.3 Å². The number of rotatable bonds is 6. The number of benzene rings is 1. The highest BCUT2D eigenvalue weighted by Gasteiger charge is 2.15. The molecule has 0 heterocycles. The van der Waals surface area contributed by atoms with E-state index < -0.39 is 15.7 Å². The summed E-state index contributed by atoms with van der Waals surface area (Å²) >= 11 is 5.55. The molecule has 0 atom stereocenters. The van der Waals surface area contributed by atoms with Gasteiger partial charge in [0.05, 0.1) is 15.7 Å². The van der Waals surface area contributed by atoms with E-state index >= 15 is 0 Å². The first-order valence-corrected chi connectivity index (χ1v) is 7.39. The molecule has 1 aromatic carbocycles. The first-order valence-electron chi connectivity index (χ1n) is 5.36. The Balaban J connectivity index is 2.72. The molecule has 1 aromatic rings. The summed E-state index contributed by atoms with van der Waals surface area (Å²) in [6.07, 6.45) is 0.519. The van der Waals surface area contributed by atoms with Gasteiger partial charge in [-0.1, -0.05) is 18.5 Å². The van der Waals surface area contributed by atoms with Crippen molar-refractivity contribution in [2.45, 2.75) is 18.2 Å². The molecule has 0 spiro atoms.